The van der Waals surface area contributed by atoms with Crippen molar-refractivity contribution < 1.29 is 14.2 Å². The Kier molecular flexibility index (Phi) is 3.43. The van der Waals surface area contributed by atoms with Crippen LogP contribution in [0.4, 0.5) is 0 Å². The zero-order chi connectivity index (χ0) is 13.9. The second kappa shape index (κ2) is 5.38. The molecular formula is C15H16N2O3. The normalized spacial score (nSPS) is 14.1. The van der Waals surface area contributed by atoms with Crippen molar-refractivity contribution in [1.82, 2.24) is 10.3 Å². The molecule has 2 aromatic rings. The van der Waals surface area contributed by atoms with E-state index >= 15 is 0 Å². The maximum absolute atomic E-state index is 5.76. The van der Waals surface area contributed by atoms with Crippen molar-refractivity contribution in [3.05, 3.63) is 42.1 Å². The highest BCUT2D eigenvalue weighted by Crippen LogP contribution is 2.36. The van der Waals surface area contributed by atoms with Gasteiger partial charge in [0.15, 0.2) is 11.5 Å². The van der Waals surface area contributed by atoms with Crippen molar-refractivity contribution in [1.29, 1.82) is 0 Å². The van der Waals surface area contributed by atoms with E-state index in [-0.39, 0.29) is 12.8 Å². The zero-order valence-corrected chi connectivity index (χ0v) is 11.4. The highest BCUT2D eigenvalue weighted by Gasteiger charge is 2.14. The number of aromatic nitrogens is 1. The molecule has 0 amide bonds. The van der Waals surface area contributed by atoms with Gasteiger partial charge in [0, 0.05) is 24.4 Å². The molecule has 1 aliphatic heterocycles. The highest BCUT2D eigenvalue weighted by molar-refractivity contribution is 5.47. The SMILES string of the molecule is CNC(C)c1ccnc(Oc2ccc3c(c2)OCO3)c1. The second-order valence-corrected chi connectivity index (χ2v) is 4.55. The van der Waals surface area contributed by atoms with Crippen molar-refractivity contribution in [2.45, 2.75) is 13.0 Å². The molecule has 104 valence electrons. The molecule has 5 heteroatoms. The van der Waals surface area contributed by atoms with E-state index in [9.17, 15) is 0 Å². The molecule has 3 rings (SSSR count). The fourth-order valence-electron chi connectivity index (χ4n) is 1.98. The van der Waals surface area contributed by atoms with E-state index in [0.717, 1.165) is 11.3 Å². The summed E-state index contributed by atoms with van der Waals surface area (Å²) in [6.07, 6.45) is 1.74. The number of ether oxygens (including phenoxy) is 3. The Morgan fingerprint density at radius 1 is 1.20 bits per heavy atom. The summed E-state index contributed by atoms with van der Waals surface area (Å²) in [4.78, 5) is 4.22. The van der Waals surface area contributed by atoms with Crippen LogP contribution in [0.3, 0.4) is 0 Å². The Labute approximate surface area is 117 Å². The van der Waals surface area contributed by atoms with Crippen molar-refractivity contribution in [3.63, 3.8) is 0 Å². The number of nitrogens with one attached hydrogen (secondary N) is 1. The summed E-state index contributed by atoms with van der Waals surface area (Å²) in [5.74, 6) is 2.67. The Hall–Kier alpha value is -2.27. The summed E-state index contributed by atoms with van der Waals surface area (Å²) < 4.78 is 16.4. The molecule has 5 nitrogen and oxygen atoms in total. The third-order valence-electron chi connectivity index (χ3n) is 3.26. The lowest BCUT2D eigenvalue weighted by atomic mass is 10.1. The van der Waals surface area contributed by atoms with Gasteiger partial charge in [-0.05, 0) is 37.7 Å². The molecule has 0 saturated heterocycles. The molecule has 0 radical (unpaired) electrons. The monoisotopic (exact) mass is 272 g/mol. The maximum Gasteiger partial charge on any atom is 0.231 e. The molecule has 0 fully saturated rings. The van der Waals surface area contributed by atoms with E-state index in [1.165, 1.54) is 0 Å². The van der Waals surface area contributed by atoms with Gasteiger partial charge in [-0.25, -0.2) is 4.98 Å². The first-order valence-corrected chi connectivity index (χ1v) is 6.47. The molecule has 0 saturated carbocycles. The van der Waals surface area contributed by atoms with Crippen LogP contribution >= 0.6 is 0 Å². The average Bonchev–Trinajstić information content (AvgIpc) is 2.94. The molecule has 0 spiro atoms. The summed E-state index contributed by atoms with van der Waals surface area (Å²) >= 11 is 0. The predicted molar refractivity (Wildman–Crippen MR) is 74.4 cm³/mol. The van der Waals surface area contributed by atoms with Gasteiger partial charge in [0.25, 0.3) is 0 Å². The van der Waals surface area contributed by atoms with Gasteiger partial charge in [-0.15, -0.1) is 0 Å². The Morgan fingerprint density at radius 2 is 2.05 bits per heavy atom. The van der Waals surface area contributed by atoms with Gasteiger partial charge in [-0.3, -0.25) is 0 Å². The van der Waals surface area contributed by atoms with Gasteiger partial charge >= 0.3 is 0 Å². The minimum absolute atomic E-state index is 0.247. The van der Waals surface area contributed by atoms with Gasteiger partial charge in [0.1, 0.15) is 5.75 Å². The molecule has 2 heterocycles. The standard InChI is InChI=1S/C15H16N2O3/c1-10(16-2)11-5-6-17-15(7-11)20-12-3-4-13-14(8-12)19-9-18-13/h3-8,10,16H,9H2,1-2H3. The molecule has 1 atom stereocenters. The molecule has 1 aromatic carbocycles. The molecule has 1 aliphatic rings. The molecule has 1 aromatic heterocycles. The number of rotatable bonds is 4. The molecule has 1 N–H and O–H groups in total. The summed E-state index contributed by atoms with van der Waals surface area (Å²) in [5.41, 5.74) is 1.12. The second-order valence-electron chi connectivity index (χ2n) is 4.55. The largest absolute Gasteiger partial charge is 0.454 e. The lowest BCUT2D eigenvalue weighted by Gasteiger charge is -2.12. The lowest BCUT2D eigenvalue weighted by molar-refractivity contribution is 0.174. The minimum Gasteiger partial charge on any atom is -0.454 e. The van der Waals surface area contributed by atoms with Gasteiger partial charge in [0.2, 0.25) is 12.7 Å². The maximum atomic E-state index is 5.76. The molecule has 1 unspecified atom stereocenters. The number of fused-ring (bicyclic) bond motifs is 1. The number of pyridine rings is 1. The van der Waals surface area contributed by atoms with Crippen molar-refractivity contribution in [2.75, 3.05) is 13.8 Å². The van der Waals surface area contributed by atoms with Crippen LogP contribution in [0.1, 0.15) is 18.5 Å². The van der Waals surface area contributed by atoms with Gasteiger partial charge in [-0.1, -0.05) is 0 Å². The minimum atomic E-state index is 0.247. The van der Waals surface area contributed by atoms with Gasteiger partial charge < -0.3 is 19.5 Å². The number of nitrogens with zero attached hydrogens (tertiary/aromatic N) is 1. The number of benzene rings is 1. The van der Waals surface area contributed by atoms with Crippen LogP contribution in [0, 0.1) is 0 Å². The predicted octanol–water partition coefficient (Wildman–Crippen LogP) is 2.88. The first-order valence-electron chi connectivity index (χ1n) is 6.47. The van der Waals surface area contributed by atoms with Crippen molar-refractivity contribution in [3.8, 4) is 23.1 Å². The van der Waals surface area contributed by atoms with Crippen LogP contribution in [0.2, 0.25) is 0 Å². The summed E-state index contributed by atoms with van der Waals surface area (Å²) in [6, 6.07) is 9.61. The Balaban J connectivity index is 1.81. The molecular weight excluding hydrogens is 256 g/mol. The van der Waals surface area contributed by atoms with E-state index in [2.05, 4.69) is 17.2 Å². The third kappa shape index (κ3) is 2.53. The van der Waals surface area contributed by atoms with E-state index < -0.39 is 0 Å². The Bertz CT molecular complexity index is 616. The van der Waals surface area contributed by atoms with Crippen LogP contribution in [-0.4, -0.2) is 18.8 Å². The summed E-state index contributed by atoms with van der Waals surface area (Å²) in [6.45, 7) is 2.34. The lowest BCUT2D eigenvalue weighted by Crippen LogP contribution is -2.12. The zero-order valence-electron chi connectivity index (χ0n) is 11.4. The van der Waals surface area contributed by atoms with E-state index in [1.54, 1.807) is 12.3 Å². The first kappa shape index (κ1) is 12.7. The number of hydrogen-bond acceptors (Lipinski definition) is 5. The van der Waals surface area contributed by atoms with Crippen LogP contribution in [0.5, 0.6) is 23.1 Å². The van der Waals surface area contributed by atoms with Gasteiger partial charge in [0.05, 0.1) is 0 Å². The molecule has 0 aliphatic carbocycles. The first-order chi connectivity index (χ1) is 9.76. The summed E-state index contributed by atoms with van der Waals surface area (Å²) in [7, 11) is 1.92. The van der Waals surface area contributed by atoms with Crippen LogP contribution < -0.4 is 19.5 Å². The van der Waals surface area contributed by atoms with E-state index in [0.29, 0.717) is 17.4 Å². The Morgan fingerprint density at radius 3 is 2.90 bits per heavy atom. The van der Waals surface area contributed by atoms with Crippen molar-refractivity contribution >= 4 is 0 Å². The number of hydrogen-bond donors (Lipinski definition) is 1. The van der Waals surface area contributed by atoms with Crippen LogP contribution in [-0.2, 0) is 0 Å². The quantitative estimate of drug-likeness (QED) is 0.927. The fourth-order valence-corrected chi connectivity index (χ4v) is 1.98. The third-order valence-corrected chi connectivity index (χ3v) is 3.26. The highest BCUT2D eigenvalue weighted by atomic mass is 16.7. The van der Waals surface area contributed by atoms with Crippen LogP contribution in [0.25, 0.3) is 0 Å². The van der Waals surface area contributed by atoms with Gasteiger partial charge in [-0.2, -0.15) is 0 Å². The topological polar surface area (TPSA) is 52.6 Å². The average molecular weight is 272 g/mol. The fraction of sp³-hybridized carbons (Fsp3) is 0.267. The van der Waals surface area contributed by atoms with Crippen molar-refractivity contribution in [2.24, 2.45) is 0 Å². The van der Waals surface area contributed by atoms with Crippen LogP contribution in [0.15, 0.2) is 36.5 Å². The smallest absolute Gasteiger partial charge is 0.231 e. The van der Waals surface area contributed by atoms with E-state index in [4.69, 9.17) is 14.2 Å². The van der Waals surface area contributed by atoms with E-state index in [1.807, 2.05) is 31.3 Å². The molecule has 20 heavy (non-hydrogen) atoms. The molecule has 0 bridgehead atoms. The summed E-state index contributed by atoms with van der Waals surface area (Å²) in [5, 5.41) is 3.19.